The third-order valence-corrected chi connectivity index (χ3v) is 4.97. The molecule has 0 radical (unpaired) electrons. The number of rotatable bonds is 7. The molecule has 1 aliphatic rings. The minimum Gasteiger partial charge on any atom is -0.294 e. The van der Waals surface area contributed by atoms with Gasteiger partial charge in [0.25, 0.3) is 0 Å². The zero-order valence-corrected chi connectivity index (χ0v) is 15.0. The third-order valence-electron chi connectivity index (χ3n) is 4.72. The molecule has 0 N–H and O–H groups in total. The van der Waals surface area contributed by atoms with Crippen molar-refractivity contribution in [2.75, 3.05) is 6.54 Å². The fourth-order valence-corrected chi connectivity index (χ4v) is 3.40. The van der Waals surface area contributed by atoms with Crippen molar-refractivity contribution in [3.05, 3.63) is 70.2 Å². The van der Waals surface area contributed by atoms with E-state index >= 15 is 0 Å². The summed E-state index contributed by atoms with van der Waals surface area (Å²) < 4.78 is 0. The van der Waals surface area contributed by atoms with E-state index in [4.69, 9.17) is 11.6 Å². The summed E-state index contributed by atoms with van der Waals surface area (Å²) in [5.41, 5.74) is 4.20. The highest BCUT2D eigenvalue weighted by molar-refractivity contribution is 6.30. The molecular weight excluding hydrogens is 316 g/mol. The Labute approximate surface area is 150 Å². The number of benzene rings is 2. The van der Waals surface area contributed by atoms with Crippen molar-refractivity contribution in [3.63, 3.8) is 0 Å². The Morgan fingerprint density at radius 1 is 1.08 bits per heavy atom. The Morgan fingerprint density at radius 2 is 1.83 bits per heavy atom. The van der Waals surface area contributed by atoms with E-state index in [1.54, 1.807) is 0 Å². The van der Waals surface area contributed by atoms with Gasteiger partial charge < -0.3 is 0 Å². The smallest absolute Gasteiger partial charge is 0.0442 e. The van der Waals surface area contributed by atoms with Crippen LogP contribution in [0.5, 0.6) is 0 Å². The van der Waals surface area contributed by atoms with E-state index in [0.717, 1.165) is 30.8 Å². The molecule has 0 saturated heterocycles. The summed E-state index contributed by atoms with van der Waals surface area (Å²) in [6.07, 6.45) is 7.61. The maximum atomic E-state index is 5.98. The Balaban J connectivity index is 1.57. The predicted molar refractivity (Wildman–Crippen MR) is 103 cm³/mol. The number of halogens is 1. The number of hydrogen-bond donors (Lipinski definition) is 0. The van der Waals surface area contributed by atoms with Crippen LogP contribution in [0, 0.1) is 0 Å². The van der Waals surface area contributed by atoms with Crippen LogP contribution in [-0.2, 0) is 12.8 Å². The van der Waals surface area contributed by atoms with Crippen LogP contribution in [0.3, 0.4) is 0 Å². The van der Waals surface area contributed by atoms with Crippen LogP contribution in [0.25, 0.3) is 0 Å². The second-order valence-electron chi connectivity index (χ2n) is 6.56. The van der Waals surface area contributed by atoms with Crippen molar-refractivity contribution in [3.8, 4) is 0 Å². The average Bonchev–Trinajstić information content (AvgIpc) is 3.13. The molecule has 1 atom stereocenters. The Kier molecular flexibility index (Phi) is 5.92. The number of hydrogen-bond acceptors (Lipinski definition) is 2. The van der Waals surface area contributed by atoms with Crippen molar-refractivity contribution < 1.29 is 0 Å². The first-order valence-corrected chi connectivity index (χ1v) is 9.20. The molecule has 3 heteroatoms. The molecule has 0 aromatic heterocycles. The first-order valence-electron chi connectivity index (χ1n) is 8.82. The third kappa shape index (κ3) is 4.61. The van der Waals surface area contributed by atoms with Gasteiger partial charge >= 0.3 is 0 Å². The Bertz CT molecular complexity index is 678. The van der Waals surface area contributed by atoms with E-state index in [1.165, 1.54) is 29.5 Å². The maximum Gasteiger partial charge on any atom is 0.0442 e. The first kappa shape index (κ1) is 17.0. The summed E-state index contributed by atoms with van der Waals surface area (Å²) in [5.74, 6) is 0. The van der Waals surface area contributed by atoms with E-state index in [1.807, 2.05) is 18.3 Å². The molecule has 0 fully saturated rings. The molecule has 3 rings (SSSR count). The van der Waals surface area contributed by atoms with Gasteiger partial charge in [-0.2, -0.15) is 5.10 Å². The van der Waals surface area contributed by atoms with Crippen molar-refractivity contribution in [2.45, 2.75) is 45.1 Å². The molecule has 0 saturated carbocycles. The Morgan fingerprint density at radius 3 is 2.54 bits per heavy atom. The van der Waals surface area contributed by atoms with Crippen LogP contribution in [0.15, 0.2) is 53.6 Å². The van der Waals surface area contributed by atoms with E-state index < -0.39 is 0 Å². The van der Waals surface area contributed by atoms with Gasteiger partial charge in [0.05, 0.1) is 0 Å². The Hall–Kier alpha value is -1.80. The number of nitrogens with zero attached hydrogens (tertiary/aromatic N) is 2. The molecule has 1 unspecified atom stereocenters. The highest BCUT2D eigenvalue weighted by atomic mass is 35.5. The minimum absolute atomic E-state index is 0.534. The fourth-order valence-electron chi connectivity index (χ4n) is 3.28. The zero-order chi connectivity index (χ0) is 16.8. The monoisotopic (exact) mass is 340 g/mol. The summed E-state index contributed by atoms with van der Waals surface area (Å²) in [6, 6.07) is 17.5. The molecule has 0 amide bonds. The van der Waals surface area contributed by atoms with Gasteiger partial charge in [-0.15, -0.1) is 0 Å². The van der Waals surface area contributed by atoms with Gasteiger partial charge in [0.15, 0.2) is 0 Å². The van der Waals surface area contributed by atoms with Gasteiger partial charge in [0, 0.05) is 30.2 Å². The predicted octanol–water partition coefficient (Wildman–Crippen LogP) is 5.33. The van der Waals surface area contributed by atoms with Gasteiger partial charge in [-0.1, -0.05) is 48.0 Å². The highest BCUT2D eigenvalue weighted by Crippen LogP contribution is 2.19. The van der Waals surface area contributed by atoms with Crippen molar-refractivity contribution in [1.82, 2.24) is 5.01 Å². The van der Waals surface area contributed by atoms with Gasteiger partial charge in [0.2, 0.25) is 0 Å². The summed E-state index contributed by atoms with van der Waals surface area (Å²) >= 11 is 5.98. The van der Waals surface area contributed by atoms with Crippen LogP contribution in [-0.4, -0.2) is 23.8 Å². The number of hydrazone groups is 1. The highest BCUT2D eigenvalue weighted by Gasteiger charge is 2.14. The zero-order valence-electron chi connectivity index (χ0n) is 14.3. The second kappa shape index (κ2) is 8.34. The van der Waals surface area contributed by atoms with Crippen LogP contribution in [0.1, 0.15) is 42.9 Å². The molecule has 2 aromatic carbocycles. The van der Waals surface area contributed by atoms with Crippen LogP contribution < -0.4 is 0 Å². The maximum absolute atomic E-state index is 5.98. The number of aryl methyl sites for hydroxylation is 1. The summed E-state index contributed by atoms with van der Waals surface area (Å²) in [7, 11) is 0. The molecule has 126 valence electrons. The van der Waals surface area contributed by atoms with E-state index in [9.17, 15) is 0 Å². The van der Waals surface area contributed by atoms with Crippen LogP contribution >= 0.6 is 11.6 Å². The largest absolute Gasteiger partial charge is 0.294 e. The lowest BCUT2D eigenvalue weighted by Gasteiger charge is -2.22. The van der Waals surface area contributed by atoms with Crippen molar-refractivity contribution in [1.29, 1.82) is 0 Å². The van der Waals surface area contributed by atoms with E-state index in [0.29, 0.717) is 6.04 Å². The summed E-state index contributed by atoms with van der Waals surface area (Å²) in [5, 5.41) is 7.46. The van der Waals surface area contributed by atoms with Crippen LogP contribution in [0.4, 0.5) is 0 Å². The second-order valence-corrected chi connectivity index (χ2v) is 7.00. The lowest BCUT2D eigenvalue weighted by Crippen LogP contribution is -2.26. The molecule has 1 heterocycles. The first-order chi connectivity index (χ1) is 11.7. The van der Waals surface area contributed by atoms with E-state index in [-0.39, 0.29) is 0 Å². The van der Waals surface area contributed by atoms with Gasteiger partial charge in [0.1, 0.15) is 0 Å². The quantitative estimate of drug-likeness (QED) is 0.664. The van der Waals surface area contributed by atoms with Crippen molar-refractivity contribution in [2.24, 2.45) is 5.10 Å². The minimum atomic E-state index is 0.534. The lowest BCUT2D eigenvalue weighted by atomic mass is 9.96. The topological polar surface area (TPSA) is 15.6 Å². The molecule has 0 bridgehead atoms. The van der Waals surface area contributed by atoms with E-state index in [2.05, 4.69) is 53.4 Å². The summed E-state index contributed by atoms with van der Waals surface area (Å²) in [6.45, 7) is 3.36. The lowest BCUT2D eigenvalue weighted by molar-refractivity contribution is 0.228. The molecule has 0 spiro atoms. The average molecular weight is 341 g/mol. The molecule has 24 heavy (non-hydrogen) atoms. The molecular formula is C21H25ClN2. The van der Waals surface area contributed by atoms with Gasteiger partial charge in [-0.25, -0.2) is 0 Å². The molecule has 0 aliphatic carbocycles. The van der Waals surface area contributed by atoms with Crippen molar-refractivity contribution >= 4 is 17.8 Å². The van der Waals surface area contributed by atoms with Gasteiger partial charge in [-0.3, -0.25) is 5.01 Å². The van der Waals surface area contributed by atoms with Gasteiger partial charge in [-0.05, 0) is 61.4 Å². The SMILES string of the molecule is CC(CCCc1ccccc1Cc1ccc(Cl)cc1)N1CCC=N1. The molecule has 1 aliphatic heterocycles. The molecule has 2 aromatic rings. The van der Waals surface area contributed by atoms with Crippen LogP contribution in [0.2, 0.25) is 5.02 Å². The standard InChI is InChI=1S/C21H25ClN2/c1-17(24-15-5-14-23-24)6-4-9-19-7-2-3-8-20(19)16-18-10-12-21(22)13-11-18/h2-3,7-8,10-14,17H,4-6,9,15-16H2,1H3. The molecule has 2 nitrogen and oxygen atoms in total. The normalized spacial score (nSPS) is 15.0. The fraction of sp³-hybridized carbons (Fsp3) is 0.381. The summed E-state index contributed by atoms with van der Waals surface area (Å²) in [4.78, 5) is 0.